The molecule has 0 bridgehead atoms. The van der Waals surface area contributed by atoms with Gasteiger partial charge in [0.2, 0.25) is 0 Å². The summed E-state index contributed by atoms with van der Waals surface area (Å²) in [6.07, 6.45) is 3.44. The van der Waals surface area contributed by atoms with E-state index in [1.807, 2.05) is 7.05 Å². The number of rotatable bonds is 2. The van der Waals surface area contributed by atoms with Crippen LogP contribution in [0.3, 0.4) is 0 Å². The molecule has 0 heterocycles. The topological polar surface area (TPSA) is 32.3 Å². The Morgan fingerprint density at radius 1 is 1.50 bits per heavy atom. The molecule has 3 heteroatoms. The third-order valence-corrected chi connectivity index (χ3v) is 3.61. The molecular formula is C11H14BrNO. The Morgan fingerprint density at radius 3 is 3.00 bits per heavy atom. The van der Waals surface area contributed by atoms with Crippen LogP contribution in [-0.4, -0.2) is 12.2 Å². The molecule has 0 unspecified atom stereocenters. The van der Waals surface area contributed by atoms with E-state index in [1.165, 1.54) is 17.5 Å². The highest BCUT2D eigenvalue weighted by Crippen LogP contribution is 2.38. The lowest BCUT2D eigenvalue weighted by molar-refractivity contribution is 0.462. The summed E-state index contributed by atoms with van der Waals surface area (Å²) in [4.78, 5) is 0. The van der Waals surface area contributed by atoms with E-state index in [0.717, 1.165) is 29.4 Å². The molecule has 0 aromatic heterocycles. The highest BCUT2D eigenvalue weighted by atomic mass is 79.9. The first-order valence-electron chi connectivity index (χ1n) is 4.90. The Hall–Kier alpha value is -0.540. The van der Waals surface area contributed by atoms with E-state index in [-0.39, 0.29) is 0 Å². The van der Waals surface area contributed by atoms with Crippen LogP contribution in [0.1, 0.15) is 23.1 Å². The quantitative estimate of drug-likeness (QED) is 0.851. The van der Waals surface area contributed by atoms with E-state index >= 15 is 0 Å². The van der Waals surface area contributed by atoms with Crippen molar-refractivity contribution in [1.82, 2.24) is 5.32 Å². The molecule has 76 valence electrons. The Bertz CT molecular complexity index is 363. The lowest BCUT2D eigenvalue weighted by Gasteiger charge is -2.10. The van der Waals surface area contributed by atoms with Crippen molar-refractivity contribution in [2.45, 2.75) is 25.8 Å². The van der Waals surface area contributed by atoms with E-state index < -0.39 is 0 Å². The normalized spacial score (nSPS) is 14.4. The molecule has 2 nitrogen and oxygen atoms in total. The smallest absolute Gasteiger partial charge is 0.134 e. The number of hydrogen-bond donors (Lipinski definition) is 2. The van der Waals surface area contributed by atoms with Crippen LogP contribution < -0.4 is 5.32 Å². The molecule has 0 aliphatic heterocycles. The molecule has 2 N–H and O–H groups in total. The second kappa shape index (κ2) is 3.91. The summed E-state index contributed by atoms with van der Waals surface area (Å²) in [5, 5.41) is 13.0. The largest absolute Gasteiger partial charge is 0.506 e. The Balaban J connectivity index is 2.49. The fourth-order valence-corrected chi connectivity index (χ4v) is 2.77. The van der Waals surface area contributed by atoms with Crippen molar-refractivity contribution >= 4 is 15.9 Å². The summed E-state index contributed by atoms with van der Waals surface area (Å²) in [6.45, 7) is 0.720. The molecule has 1 aliphatic rings. The molecule has 0 saturated carbocycles. The SMILES string of the molecule is CNCc1cc2c(c(Br)c1O)CCC2. The van der Waals surface area contributed by atoms with Crippen LogP contribution in [-0.2, 0) is 19.4 Å². The van der Waals surface area contributed by atoms with Gasteiger partial charge >= 0.3 is 0 Å². The van der Waals surface area contributed by atoms with Crippen LogP contribution in [0.2, 0.25) is 0 Å². The number of phenols is 1. The Kier molecular flexibility index (Phi) is 2.79. The minimum absolute atomic E-state index is 0.403. The standard InChI is InChI=1S/C11H14BrNO/c1-13-6-8-5-7-3-2-4-9(7)10(12)11(8)14/h5,13-14H,2-4,6H2,1H3. The highest BCUT2D eigenvalue weighted by Gasteiger charge is 2.19. The van der Waals surface area contributed by atoms with Gasteiger partial charge in [-0.1, -0.05) is 6.07 Å². The van der Waals surface area contributed by atoms with E-state index in [0.29, 0.717) is 5.75 Å². The van der Waals surface area contributed by atoms with Gasteiger partial charge in [-0.05, 0) is 53.4 Å². The fraction of sp³-hybridized carbons (Fsp3) is 0.455. The minimum atomic E-state index is 0.403. The number of hydrogen-bond acceptors (Lipinski definition) is 2. The summed E-state index contributed by atoms with van der Waals surface area (Å²) in [5.41, 5.74) is 3.67. The molecular weight excluding hydrogens is 242 g/mol. The lowest BCUT2D eigenvalue weighted by Crippen LogP contribution is -2.06. The third kappa shape index (κ3) is 1.55. The zero-order chi connectivity index (χ0) is 10.1. The lowest BCUT2D eigenvalue weighted by atomic mass is 10.1. The molecule has 14 heavy (non-hydrogen) atoms. The van der Waals surface area contributed by atoms with Gasteiger partial charge in [0, 0.05) is 12.1 Å². The van der Waals surface area contributed by atoms with Gasteiger partial charge in [0.15, 0.2) is 0 Å². The van der Waals surface area contributed by atoms with Crippen LogP contribution in [0.5, 0.6) is 5.75 Å². The summed E-state index contributed by atoms with van der Waals surface area (Å²) in [7, 11) is 1.89. The summed E-state index contributed by atoms with van der Waals surface area (Å²) in [5.74, 6) is 0.403. The number of phenolic OH excluding ortho intramolecular Hbond substituents is 1. The number of fused-ring (bicyclic) bond motifs is 1. The fourth-order valence-electron chi connectivity index (χ4n) is 2.06. The van der Waals surface area contributed by atoms with Crippen molar-refractivity contribution in [3.05, 3.63) is 27.2 Å². The van der Waals surface area contributed by atoms with Crippen molar-refractivity contribution < 1.29 is 5.11 Å². The van der Waals surface area contributed by atoms with E-state index in [9.17, 15) is 5.11 Å². The van der Waals surface area contributed by atoms with Crippen molar-refractivity contribution in [3.8, 4) is 5.75 Å². The van der Waals surface area contributed by atoms with E-state index in [2.05, 4.69) is 27.3 Å². The first-order chi connectivity index (χ1) is 6.74. The molecule has 1 aliphatic carbocycles. The van der Waals surface area contributed by atoms with Gasteiger partial charge in [-0.25, -0.2) is 0 Å². The molecule has 1 aromatic rings. The first kappa shape index (κ1) is 9.99. The maximum atomic E-state index is 9.91. The van der Waals surface area contributed by atoms with Crippen molar-refractivity contribution in [2.24, 2.45) is 0 Å². The Morgan fingerprint density at radius 2 is 2.29 bits per heavy atom. The average Bonchev–Trinajstić information content (AvgIpc) is 2.62. The summed E-state index contributed by atoms with van der Waals surface area (Å²) >= 11 is 3.47. The average molecular weight is 256 g/mol. The maximum Gasteiger partial charge on any atom is 0.134 e. The summed E-state index contributed by atoms with van der Waals surface area (Å²) in [6, 6.07) is 2.12. The number of aromatic hydroxyl groups is 1. The van der Waals surface area contributed by atoms with Gasteiger partial charge in [-0.3, -0.25) is 0 Å². The molecule has 0 radical (unpaired) electrons. The van der Waals surface area contributed by atoms with Gasteiger partial charge in [0.05, 0.1) is 4.47 Å². The Labute approximate surface area is 92.5 Å². The third-order valence-electron chi connectivity index (χ3n) is 2.75. The van der Waals surface area contributed by atoms with Gasteiger partial charge in [-0.15, -0.1) is 0 Å². The maximum absolute atomic E-state index is 9.91. The van der Waals surface area contributed by atoms with Crippen molar-refractivity contribution in [1.29, 1.82) is 0 Å². The van der Waals surface area contributed by atoms with E-state index in [4.69, 9.17) is 0 Å². The van der Waals surface area contributed by atoms with Gasteiger partial charge in [0.1, 0.15) is 5.75 Å². The van der Waals surface area contributed by atoms with Gasteiger partial charge in [0.25, 0.3) is 0 Å². The predicted molar refractivity (Wildman–Crippen MR) is 60.6 cm³/mol. The van der Waals surface area contributed by atoms with Crippen LogP contribution in [0, 0.1) is 0 Å². The van der Waals surface area contributed by atoms with Crippen LogP contribution in [0.15, 0.2) is 10.5 Å². The van der Waals surface area contributed by atoms with Crippen LogP contribution in [0.4, 0.5) is 0 Å². The van der Waals surface area contributed by atoms with E-state index in [1.54, 1.807) is 0 Å². The van der Waals surface area contributed by atoms with Gasteiger partial charge < -0.3 is 10.4 Å². The molecule has 0 fully saturated rings. The van der Waals surface area contributed by atoms with Crippen LogP contribution >= 0.6 is 15.9 Å². The predicted octanol–water partition coefficient (Wildman–Crippen LogP) is 2.36. The molecule has 0 spiro atoms. The number of nitrogens with one attached hydrogen (secondary N) is 1. The second-order valence-corrected chi connectivity index (χ2v) is 4.51. The molecule has 1 aromatic carbocycles. The zero-order valence-electron chi connectivity index (χ0n) is 8.23. The minimum Gasteiger partial charge on any atom is -0.506 e. The zero-order valence-corrected chi connectivity index (χ0v) is 9.82. The molecule has 0 saturated heterocycles. The van der Waals surface area contributed by atoms with Crippen molar-refractivity contribution in [3.63, 3.8) is 0 Å². The monoisotopic (exact) mass is 255 g/mol. The molecule has 0 amide bonds. The van der Waals surface area contributed by atoms with Crippen molar-refractivity contribution in [2.75, 3.05) is 7.05 Å². The van der Waals surface area contributed by atoms with Gasteiger partial charge in [-0.2, -0.15) is 0 Å². The number of benzene rings is 1. The highest BCUT2D eigenvalue weighted by molar-refractivity contribution is 9.10. The summed E-state index contributed by atoms with van der Waals surface area (Å²) < 4.78 is 0.901. The number of aryl methyl sites for hydroxylation is 1. The van der Waals surface area contributed by atoms with Crippen LogP contribution in [0.25, 0.3) is 0 Å². The molecule has 0 atom stereocenters. The molecule has 2 rings (SSSR count). The second-order valence-electron chi connectivity index (χ2n) is 3.72. The number of halogens is 1. The first-order valence-corrected chi connectivity index (χ1v) is 5.70.